The van der Waals surface area contributed by atoms with Crippen LogP contribution < -0.4 is 4.90 Å². The summed E-state index contributed by atoms with van der Waals surface area (Å²) in [7, 11) is 0. The van der Waals surface area contributed by atoms with Crippen LogP contribution in [0, 0.1) is 0 Å². The van der Waals surface area contributed by atoms with Crippen LogP contribution in [0.3, 0.4) is 0 Å². The van der Waals surface area contributed by atoms with E-state index in [2.05, 4.69) is 15.1 Å². The minimum absolute atomic E-state index is 0.0563. The Bertz CT molecular complexity index is 797. The van der Waals surface area contributed by atoms with Crippen LogP contribution in [-0.4, -0.2) is 63.7 Å². The molecular formula is C16H18F3N5O2. The number of carboxylic acid groups (broad SMARTS) is 1. The lowest BCUT2D eigenvalue weighted by Crippen LogP contribution is -2.46. The van der Waals surface area contributed by atoms with Gasteiger partial charge in [0, 0.05) is 26.2 Å². The number of carbonyl (C=O) groups is 1. The van der Waals surface area contributed by atoms with Crippen molar-refractivity contribution >= 4 is 11.8 Å². The highest BCUT2D eigenvalue weighted by atomic mass is 19.4. The smallest absolute Gasteiger partial charge is 0.416 e. The number of rotatable bonds is 4. The summed E-state index contributed by atoms with van der Waals surface area (Å²) in [4.78, 5) is 16.5. The summed E-state index contributed by atoms with van der Waals surface area (Å²) in [5.41, 5.74) is -1.06. The van der Waals surface area contributed by atoms with Gasteiger partial charge in [-0.2, -0.15) is 13.2 Å². The van der Waals surface area contributed by atoms with Crippen molar-refractivity contribution in [2.45, 2.75) is 13.1 Å². The fourth-order valence-electron chi connectivity index (χ4n) is 2.85. The lowest BCUT2D eigenvalue weighted by molar-refractivity contribution is -0.137. The van der Waals surface area contributed by atoms with Gasteiger partial charge in [-0.3, -0.25) is 0 Å². The average molecular weight is 369 g/mol. The van der Waals surface area contributed by atoms with E-state index in [1.165, 1.54) is 12.1 Å². The standard InChI is InChI=1S/C16H18F3N5O2/c1-2-22-6-8-23(9-7-22)14-13(15(25)26)20-24(21-14)12-5-3-4-11(10-12)16(17,18)19/h3-5,10H,2,6-9H2,1H3,(H,25,26). The van der Waals surface area contributed by atoms with E-state index >= 15 is 0 Å². The Morgan fingerprint density at radius 1 is 1.19 bits per heavy atom. The molecule has 1 saturated heterocycles. The number of anilines is 1. The highest BCUT2D eigenvalue weighted by Crippen LogP contribution is 2.30. The van der Waals surface area contributed by atoms with Crippen LogP contribution in [0.4, 0.5) is 19.0 Å². The topological polar surface area (TPSA) is 74.5 Å². The molecule has 10 heteroatoms. The fraction of sp³-hybridized carbons (Fsp3) is 0.438. The molecule has 1 aromatic carbocycles. The molecule has 0 radical (unpaired) electrons. The molecule has 2 aromatic rings. The maximum absolute atomic E-state index is 12.9. The molecule has 0 aliphatic carbocycles. The molecule has 0 amide bonds. The molecule has 26 heavy (non-hydrogen) atoms. The zero-order valence-electron chi connectivity index (χ0n) is 14.1. The van der Waals surface area contributed by atoms with Crippen molar-refractivity contribution in [2.24, 2.45) is 0 Å². The van der Waals surface area contributed by atoms with E-state index in [-0.39, 0.29) is 17.2 Å². The Labute approximate surface area is 147 Å². The first-order valence-electron chi connectivity index (χ1n) is 8.15. The molecule has 0 unspecified atom stereocenters. The molecule has 0 spiro atoms. The van der Waals surface area contributed by atoms with E-state index in [1.54, 1.807) is 4.90 Å². The summed E-state index contributed by atoms with van der Waals surface area (Å²) in [6, 6.07) is 4.47. The second-order valence-electron chi connectivity index (χ2n) is 5.94. The molecule has 7 nitrogen and oxygen atoms in total. The van der Waals surface area contributed by atoms with Gasteiger partial charge in [-0.05, 0) is 24.7 Å². The highest BCUT2D eigenvalue weighted by Gasteiger charge is 2.31. The van der Waals surface area contributed by atoms with E-state index in [1.807, 2.05) is 6.92 Å². The number of aromatic nitrogens is 3. The van der Waals surface area contributed by atoms with Crippen LogP contribution >= 0.6 is 0 Å². The molecule has 1 fully saturated rings. The quantitative estimate of drug-likeness (QED) is 0.890. The van der Waals surface area contributed by atoms with Gasteiger partial charge in [0.2, 0.25) is 5.69 Å². The largest absolute Gasteiger partial charge is 0.476 e. The third-order valence-corrected chi connectivity index (χ3v) is 4.32. The third-order valence-electron chi connectivity index (χ3n) is 4.32. The Balaban J connectivity index is 1.94. The van der Waals surface area contributed by atoms with Gasteiger partial charge in [0.1, 0.15) is 0 Å². The predicted octanol–water partition coefficient (Wildman–Crippen LogP) is 2.13. The van der Waals surface area contributed by atoms with E-state index < -0.39 is 17.7 Å². The van der Waals surface area contributed by atoms with E-state index in [9.17, 15) is 23.1 Å². The maximum Gasteiger partial charge on any atom is 0.416 e. The predicted molar refractivity (Wildman–Crippen MR) is 87.6 cm³/mol. The molecule has 140 valence electrons. The summed E-state index contributed by atoms with van der Waals surface area (Å²) in [5.74, 6) is -1.10. The first-order valence-corrected chi connectivity index (χ1v) is 8.15. The van der Waals surface area contributed by atoms with Gasteiger partial charge in [0.05, 0.1) is 11.3 Å². The van der Waals surface area contributed by atoms with Crippen LogP contribution in [0.25, 0.3) is 5.69 Å². The average Bonchev–Trinajstić information content (AvgIpc) is 3.07. The summed E-state index contributed by atoms with van der Waals surface area (Å²) in [5, 5.41) is 17.5. The lowest BCUT2D eigenvalue weighted by Gasteiger charge is -2.34. The van der Waals surface area contributed by atoms with Crippen LogP contribution in [-0.2, 0) is 6.18 Å². The SMILES string of the molecule is CCN1CCN(c2nn(-c3cccc(C(F)(F)F)c3)nc2C(=O)O)CC1. The number of piperazine rings is 1. The van der Waals surface area contributed by atoms with Crippen LogP contribution in [0.2, 0.25) is 0 Å². The molecule has 0 bridgehead atoms. The Kier molecular flexibility index (Phi) is 4.86. The summed E-state index contributed by atoms with van der Waals surface area (Å²) >= 11 is 0. The molecule has 3 rings (SSSR count). The van der Waals surface area contributed by atoms with Crippen LogP contribution in [0.1, 0.15) is 23.0 Å². The highest BCUT2D eigenvalue weighted by molar-refractivity contribution is 5.91. The molecule has 1 aromatic heterocycles. The summed E-state index contributed by atoms with van der Waals surface area (Å²) < 4.78 is 38.7. The number of carboxylic acids is 1. The summed E-state index contributed by atoms with van der Waals surface area (Å²) in [6.45, 7) is 5.61. The molecule has 1 N–H and O–H groups in total. The van der Waals surface area contributed by atoms with E-state index in [4.69, 9.17) is 0 Å². The van der Waals surface area contributed by atoms with Crippen molar-refractivity contribution in [3.05, 3.63) is 35.5 Å². The van der Waals surface area contributed by atoms with Gasteiger partial charge in [0.25, 0.3) is 0 Å². The van der Waals surface area contributed by atoms with Crippen molar-refractivity contribution in [1.29, 1.82) is 0 Å². The second-order valence-corrected chi connectivity index (χ2v) is 5.94. The minimum Gasteiger partial charge on any atom is -0.476 e. The lowest BCUT2D eigenvalue weighted by atomic mass is 10.2. The van der Waals surface area contributed by atoms with Gasteiger partial charge >= 0.3 is 12.1 Å². The molecule has 0 atom stereocenters. The number of aromatic carboxylic acids is 1. The number of likely N-dealkylation sites (N-methyl/N-ethyl adjacent to an activating group) is 1. The second kappa shape index (κ2) is 6.94. The van der Waals surface area contributed by atoms with Gasteiger partial charge in [-0.1, -0.05) is 13.0 Å². The fourth-order valence-corrected chi connectivity index (χ4v) is 2.85. The first-order chi connectivity index (χ1) is 12.3. The number of benzene rings is 1. The number of nitrogens with zero attached hydrogens (tertiary/aromatic N) is 5. The zero-order valence-corrected chi connectivity index (χ0v) is 14.1. The molecule has 1 aliphatic heterocycles. The molecule has 2 heterocycles. The van der Waals surface area contributed by atoms with Crippen molar-refractivity contribution < 1.29 is 23.1 Å². The minimum atomic E-state index is -4.50. The van der Waals surface area contributed by atoms with Gasteiger partial charge in [0.15, 0.2) is 5.82 Å². The van der Waals surface area contributed by atoms with Gasteiger partial charge in [-0.25, -0.2) is 4.79 Å². The Morgan fingerprint density at radius 3 is 2.46 bits per heavy atom. The normalized spacial score (nSPS) is 16.1. The van der Waals surface area contributed by atoms with Crippen molar-refractivity contribution in [2.75, 3.05) is 37.6 Å². The third kappa shape index (κ3) is 3.64. The zero-order chi connectivity index (χ0) is 18.9. The number of hydrogen-bond acceptors (Lipinski definition) is 5. The number of halogens is 3. The Morgan fingerprint density at radius 2 is 1.88 bits per heavy atom. The van der Waals surface area contributed by atoms with E-state index in [0.29, 0.717) is 13.1 Å². The van der Waals surface area contributed by atoms with Crippen molar-refractivity contribution in [1.82, 2.24) is 19.9 Å². The first kappa shape index (κ1) is 18.2. The molecule has 0 saturated carbocycles. The maximum atomic E-state index is 12.9. The van der Waals surface area contributed by atoms with E-state index in [0.717, 1.165) is 36.6 Å². The summed E-state index contributed by atoms with van der Waals surface area (Å²) in [6.07, 6.45) is -4.50. The van der Waals surface area contributed by atoms with Crippen LogP contribution in [0.15, 0.2) is 24.3 Å². The monoisotopic (exact) mass is 369 g/mol. The van der Waals surface area contributed by atoms with Crippen LogP contribution in [0.5, 0.6) is 0 Å². The molecular weight excluding hydrogens is 351 g/mol. The molecule has 1 aliphatic rings. The number of alkyl halides is 3. The number of hydrogen-bond donors (Lipinski definition) is 1. The van der Waals surface area contributed by atoms with Crippen molar-refractivity contribution in [3.8, 4) is 5.69 Å². The Hall–Kier alpha value is -2.62. The van der Waals surface area contributed by atoms with Gasteiger partial charge < -0.3 is 14.9 Å². The van der Waals surface area contributed by atoms with Gasteiger partial charge in [-0.15, -0.1) is 15.0 Å². The van der Waals surface area contributed by atoms with Crippen molar-refractivity contribution in [3.63, 3.8) is 0 Å².